The molecule has 0 aromatic carbocycles. The molecule has 0 aromatic rings. The Bertz CT molecular complexity index is 2200. The van der Waals surface area contributed by atoms with Gasteiger partial charge >= 0.3 is 39.5 Å². The molecule has 0 saturated heterocycles. The SMILES string of the molecule is CC/C=C\C/C=C\C/C=C\C/C=C\CCCCCCC(=O)OCC(COP(=O)(O)OCC(O)COP(=O)(O)OCC(COC(=O)CCCCCCC/C=C\C/C=C\CCC)OC(=O)CCCCCCC/C=C\C/C=C\CCC)OC(=O)CCCCCCCCCCCCCCC. The van der Waals surface area contributed by atoms with E-state index in [1.54, 1.807) is 0 Å². The Hall–Kier alpha value is -4.02. The van der Waals surface area contributed by atoms with Crippen molar-refractivity contribution < 1.29 is 80.2 Å². The van der Waals surface area contributed by atoms with E-state index in [1.807, 2.05) is 0 Å². The third kappa shape index (κ3) is 68.5. The Balaban J connectivity index is 5.36. The second kappa shape index (κ2) is 69.5. The lowest BCUT2D eigenvalue weighted by molar-refractivity contribution is -0.161. The van der Waals surface area contributed by atoms with E-state index in [2.05, 4.69) is 125 Å². The highest BCUT2D eigenvalue weighted by atomic mass is 31.2. The Labute approximate surface area is 582 Å². The van der Waals surface area contributed by atoms with Gasteiger partial charge in [0.2, 0.25) is 0 Å². The van der Waals surface area contributed by atoms with Gasteiger partial charge in [-0.1, -0.05) is 266 Å². The minimum Gasteiger partial charge on any atom is -0.462 e. The molecule has 0 aliphatic carbocycles. The Morgan fingerprint density at radius 2 is 0.562 bits per heavy atom. The largest absolute Gasteiger partial charge is 0.472 e. The summed E-state index contributed by atoms with van der Waals surface area (Å²) in [5.74, 6) is -2.22. The van der Waals surface area contributed by atoms with Gasteiger partial charge in [0, 0.05) is 25.7 Å². The number of hydrogen-bond donors (Lipinski definition) is 3. The van der Waals surface area contributed by atoms with Crippen LogP contribution in [0.3, 0.4) is 0 Å². The summed E-state index contributed by atoms with van der Waals surface area (Å²) in [5.41, 5.74) is 0. The molecule has 0 aromatic heterocycles. The summed E-state index contributed by atoms with van der Waals surface area (Å²) in [4.78, 5) is 72.7. The molecule has 0 amide bonds. The zero-order chi connectivity index (χ0) is 70.4. The molecule has 0 aliphatic rings. The van der Waals surface area contributed by atoms with Crippen molar-refractivity contribution in [2.24, 2.45) is 0 Å². The molecule has 0 fully saturated rings. The molecule has 0 aliphatic heterocycles. The second-order valence-corrected chi connectivity index (χ2v) is 27.8. The molecular formula is C77H134O17P2. The molecule has 5 unspecified atom stereocenters. The monoisotopic (exact) mass is 1390 g/mol. The number of carbonyl (C=O) groups excluding carboxylic acids is 4. The van der Waals surface area contributed by atoms with Crippen LogP contribution >= 0.6 is 15.6 Å². The van der Waals surface area contributed by atoms with Crippen molar-refractivity contribution in [2.75, 3.05) is 39.6 Å². The van der Waals surface area contributed by atoms with Gasteiger partial charge in [-0.05, 0) is 116 Å². The van der Waals surface area contributed by atoms with Gasteiger partial charge in [0.05, 0.1) is 26.4 Å². The van der Waals surface area contributed by atoms with E-state index in [0.29, 0.717) is 25.7 Å². The van der Waals surface area contributed by atoms with Crippen LogP contribution < -0.4 is 0 Å². The number of ether oxygens (including phenoxy) is 4. The molecular weight excluding hydrogens is 1260 g/mol. The van der Waals surface area contributed by atoms with Gasteiger partial charge in [-0.3, -0.25) is 37.3 Å². The number of phosphoric ester groups is 2. The smallest absolute Gasteiger partial charge is 0.462 e. The lowest BCUT2D eigenvalue weighted by Gasteiger charge is -2.21. The van der Waals surface area contributed by atoms with Crippen LogP contribution in [0.4, 0.5) is 0 Å². The molecule has 17 nitrogen and oxygen atoms in total. The molecule has 0 rings (SSSR count). The maximum atomic E-state index is 13.1. The van der Waals surface area contributed by atoms with Gasteiger partial charge in [0.1, 0.15) is 19.3 Å². The first kappa shape index (κ1) is 92.0. The van der Waals surface area contributed by atoms with Crippen molar-refractivity contribution in [1.82, 2.24) is 0 Å². The fourth-order valence-electron chi connectivity index (χ4n) is 9.82. The first-order valence-electron chi connectivity index (χ1n) is 37.5. The number of rotatable bonds is 70. The third-order valence-electron chi connectivity index (χ3n) is 15.5. The number of hydrogen-bond acceptors (Lipinski definition) is 15. The summed E-state index contributed by atoms with van der Waals surface area (Å²) in [5, 5.41) is 10.6. The lowest BCUT2D eigenvalue weighted by atomic mass is 10.0. The summed E-state index contributed by atoms with van der Waals surface area (Å²) in [7, 11) is -9.95. The first-order chi connectivity index (χ1) is 46.7. The summed E-state index contributed by atoms with van der Waals surface area (Å²) in [6.45, 7) is 4.58. The molecule has 96 heavy (non-hydrogen) atoms. The zero-order valence-electron chi connectivity index (χ0n) is 60.3. The first-order valence-corrected chi connectivity index (χ1v) is 40.5. The third-order valence-corrected chi connectivity index (χ3v) is 17.4. The van der Waals surface area contributed by atoms with E-state index in [9.17, 15) is 43.2 Å². The molecule has 0 heterocycles. The predicted octanol–water partition coefficient (Wildman–Crippen LogP) is 21.2. The van der Waals surface area contributed by atoms with Crippen LogP contribution in [-0.2, 0) is 65.4 Å². The highest BCUT2D eigenvalue weighted by molar-refractivity contribution is 7.47. The number of aliphatic hydroxyl groups is 1. The number of aliphatic hydroxyl groups excluding tert-OH is 1. The summed E-state index contributed by atoms with van der Waals surface area (Å²) in [6.07, 6.45) is 71.1. The van der Waals surface area contributed by atoms with E-state index in [0.717, 1.165) is 180 Å². The van der Waals surface area contributed by atoms with E-state index in [1.165, 1.54) is 51.4 Å². The normalized spacial score (nSPS) is 14.5. The van der Waals surface area contributed by atoms with E-state index >= 15 is 0 Å². The van der Waals surface area contributed by atoms with Crippen molar-refractivity contribution in [3.05, 3.63) is 97.2 Å². The van der Waals surface area contributed by atoms with Gasteiger partial charge in [-0.15, -0.1) is 0 Å². The molecule has 0 radical (unpaired) electrons. The second-order valence-electron chi connectivity index (χ2n) is 24.9. The maximum Gasteiger partial charge on any atom is 0.472 e. The Kier molecular flexibility index (Phi) is 66.6. The number of esters is 4. The number of allylic oxidation sites excluding steroid dienone is 16. The Morgan fingerprint density at radius 3 is 0.875 bits per heavy atom. The van der Waals surface area contributed by atoms with Crippen molar-refractivity contribution >= 4 is 39.5 Å². The quantitative estimate of drug-likeness (QED) is 0.0169. The van der Waals surface area contributed by atoms with Gasteiger partial charge < -0.3 is 33.8 Å². The fourth-order valence-corrected chi connectivity index (χ4v) is 11.4. The van der Waals surface area contributed by atoms with Gasteiger partial charge in [0.15, 0.2) is 12.2 Å². The van der Waals surface area contributed by atoms with Crippen molar-refractivity contribution in [3.8, 4) is 0 Å². The van der Waals surface area contributed by atoms with E-state index in [-0.39, 0.29) is 25.7 Å². The number of unbranched alkanes of at least 4 members (excludes halogenated alkanes) is 28. The molecule has 5 atom stereocenters. The highest BCUT2D eigenvalue weighted by Gasteiger charge is 2.30. The minimum atomic E-state index is -4.98. The predicted molar refractivity (Wildman–Crippen MR) is 390 cm³/mol. The van der Waals surface area contributed by atoms with Crippen LogP contribution in [0.15, 0.2) is 97.2 Å². The average Bonchev–Trinajstić information content (AvgIpc) is 3.12. The lowest BCUT2D eigenvalue weighted by Crippen LogP contribution is -2.30. The average molecular weight is 1390 g/mol. The molecule has 0 bridgehead atoms. The van der Waals surface area contributed by atoms with Crippen LogP contribution in [0.25, 0.3) is 0 Å². The summed E-state index contributed by atoms with van der Waals surface area (Å²) >= 11 is 0. The van der Waals surface area contributed by atoms with Crippen molar-refractivity contribution in [2.45, 2.75) is 329 Å². The van der Waals surface area contributed by atoms with E-state index < -0.39 is 97.5 Å². The van der Waals surface area contributed by atoms with Gasteiger partial charge in [0.25, 0.3) is 0 Å². The fraction of sp³-hybridized carbons (Fsp3) is 0.740. The van der Waals surface area contributed by atoms with E-state index in [4.69, 9.17) is 37.0 Å². The minimum absolute atomic E-state index is 0.0756. The summed E-state index contributed by atoms with van der Waals surface area (Å²) in [6, 6.07) is 0. The number of carbonyl (C=O) groups is 4. The molecule has 0 spiro atoms. The van der Waals surface area contributed by atoms with Gasteiger partial charge in [-0.2, -0.15) is 0 Å². The van der Waals surface area contributed by atoms with Crippen LogP contribution in [-0.4, -0.2) is 96.7 Å². The molecule has 0 saturated carbocycles. The van der Waals surface area contributed by atoms with Gasteiger partial charge in [-0.25, -0.2) is 9.13 Å². The topological polar surface area (TPSA) is 237 Å². The van der Waals surface area contributed by atoms with Crippen molar-refractivity contribution in [1.29, 1.82) is 0 Å². The van der Waals surface area contributed by atoms with Crippen LogP contribution in [0.2, 0.25) is 0 Å². The van der Waals surface area contributed by atoms with Crippen LogP contribution in [0.1, 0.15) is 310 Å². The molecule has 3 N–H and O–H groups in total. The standard InChI is InChI=1S/C77H134O17P2/c1-5-9-13-17-21-25-29-33-34-35-36-40-42-46-50-54-58-62-75(80)88-68-73(94-77(82)64-60-56-52-48-44-39-32-28-24-20-16-12-8-4)70-92-96(85,86)90-66-71(78)65-89-95(83,84)91-69-72(93-76(81)63-59-55-51-47-43-38-31-27-23-19-15-11-7-3)67-87-74(79)61-57-53-49-45-41-37-30-26-22-18-14-10-6-2/h9,13-15,18-19,21,25-27,30-31,33-34,36,40,71-73,78H,5-8,10-12,16-17,20,22-24,28-29,32,35,37-39,41-70H2,1-4H3,(H,83,84)(H,85,86)/b13-9-,18-14-,19-15-,25-21-,30-26-,31-27-,34-33-,40-36-. The Morgan fingerprint density at radius 1 is 0.302 bits per heavy atom. The zero-order valence-corrected chi connectivity index (χ0v) is 62.1. The molecule has 19 heteroatoms. The highest BCUT2D eigenvalue weighted by Crippen LogP contribution is 2.45. The molecule has 554 valence electrons. The number of phosphoric acid groups is 2. The summed E-state index contributed by atoms with van der Waals surface area (Å²) < 4.78 is 68.4. The van der Waals surface area contributed by atoms with Crippen molar-refractivity contribution in [3.63, 3.8) is 0 Å². The van der Waals surface area contributed by atoms with Crippen LogP contribution in [0, 0.1) is 0 Å². The van der Waals surface area contributed by atoms with Crippen LogP contribution in [0.5, 0.6) is 0 Å². The maximum absolute atomic E-state index is 13.1.